The number of ether oxygens (including phenoxy) is 1. The third-order valence-corrected chi connectivity index (χ3v) is 4.04. The highest BCUT2D eigenvalue weighted by molar-refractivity contribution is 6.32. The van der Waals surface area contributed by atoms with Gasteiger partial charge in [-0.15, -0.1) is 0 Å². The molecule has 0 aliphatic carbocycles. The molecule has 6 heteroatoms. The molecule has 0 aliphatic rings. The van der Waals surface area contributed by atoms with Crippen molar-refractivity contribution in [3.8, 4) is 17.2 Å². The maximum absolute atomic E-state index is 10.1. The first-order chi connectivity index (χ1) is 11.7. The van der Waals surface area contributed by atoms with E-state index in [1.165, 1.54) is 12.1 Å². The number of hydrogen-bond donors (Lipinski definition) is 4. The Balaban J connectivity index is 1.79. The average molecular weight is 366 g/mol. The monoisotopic (exact) mass is 365 g/mol. The van der Waals surface area contributed by atoms with Crippen molar-refractivity contribution in [2.45, 2.75) is 31.9 Å². The van der Waals surface area contributed by atoms with Crippen LogP contribution in [-0.2, 0) is 6.42 Å². The molecule has 0 spiro atoms. The molecule has 0 aromatic heterocycles. The van der Waals surface area contributed by atoms with Gasteiger partial charge in [-0.05, 0) is 50.1 Å². The summed E-state index contributed by atoms with van der Waals surface area (Å²) in [6, 6.07) is 11.5. The summed E-state index contributed by atoms with van der Waals surface area (Å²) >= 11 is 5.96. The van der Waals surface area contributed by atoms with Gasteiger partial charge in [0.1, 0.15) is 30.0 Å². The topological polar surface area (TPSA) is 82.0 Å². The highest BCUT2D eigenvalue weighted by atomic mass is 35.5. The molecule has 0 fully saturated rings. The largest absolute Gasteiger partial charge is 0.508 e. The number of benzene rings is 2. The SMILES string of the molecule is CC(C)(Cc1ccc(O)cc1)NCC(O)COc1ccc(O)cc1Cl. The first-order valence-corrected chi connectivity index (χ1v) is 8.45. The lowest BCUT2D eigenvalue weighted by Gasteiger charge is -2.28. The molecule has 0 saturated heterocycles. The van der Waals surface area contributed by atoms with Crippen LogP contribution < -0.4 is 10.1 Å². The third-order valence-electron chi connectivity index (χ3n) is 3.75. The number of aliphatic hydroxyl groups is 1. The molecule has 0 aliphatic heterocycles. The first-order valence-electron chi connectivity index (χ1n) is 8.07. The molecule has 0 amide bonds. The van der Waals surface area contributed by atoms with Gasteiger partial charge in [0.2, 0.25) is 0 Å². The minimum Gasteiger partial charge on any atom is -0.508 e. The van der Waals surface area contributed by atoms with E-state index in [9.17, 15) is 15.3 Å². The summed E-state index contributed by atoms with van der Waals surface area (Å²) in [6.07, 6.45) is 0.0499. The van der Waals surface area contributed by atoms with Crippen molar-refractivity contribution in [1.29, 1.82) is 0 Å². The Morgan fingerprint density at radius 3 is 2.36 bits per heavy atom. The standard InChI is InChI=1S/C19H24ClNO4/c1-19(2,10-13-3-5-14(22)6-4-13)21-11-16(24)12-25-18-8-7-15(23)9-17(18)20/h3-9,16,21-24H,10-12H2,1-2H3. The lowest BCUT2D eigenvalue weighted by molar-refractivity contribution is 0.0988. The second kappa shape index (κ2) is 8.43. The van der Waals surface area contributed by atoms with Crippen molar-refractivity contribution in [2.75, 3.05) is 13.2 Å². The van der Waals surface area contributed by atoms with Crippen LogP contribution in [0.1, 0.15) is 19.4 Å². The summed E-state index contributed by atoms with van der Waals surface area (Å²) in [5.74, 6) is 0.729. The minimum absolute atomic E-state index is 0.0653. The van der Waals surface area contributed by atoms with Gasteiger partial charge in [0, 0.05) is 18.2 Å². The molecule has 2 rings (SSSR count). The first kappa shape index (κ1) is 19.4. The number of nitrogens with one attached hydrogen (secondary N) is 1. The van der Waals surface area contributed by atoms with Gasteiger partial charge in [0.15, 0.2) is 0 Å². The summed E-state index contributed by atoms with van der Waals surface area (Å²) in [6.45, 7) is 4.54. The van der Waals surface area contributed by atoms with Gasteiger partial charge in [-0.2, -0.15) is 0 Å². The van der Waals surface area contributed by atoms with Gasteiger partial charge in [0.05, 0.1) is 5.02 Å². The van der Waals surface area contributed by atoms with Gasteiger partial charge >= 0.3 is 0 Å². The second-order valence-electron chi connectivity index (χ2n) is 6.69. The number of hydrogen-bond acceptors (Lipinski definition) is 5. The van der Waals surface area contributed by atoms with Gasteiger partial charge in [-0.1, -0.05) is 23.7 Å². The number of aromatic hydroxyl groups is 2. The third kappa shape index (κ3) is 6.46. The van der Waals surface area contributed by atoms with E-state index in [1.807, 2.05) is 26.0 Å². The zero-order valence-corrected chi connectivity index (χ0v) is 15.1. The van der Waals surface area contributed by atoms with Crippen LogP contribution in [0.3, 0.4) is 0 Å². The maximum Gasteiger partial charge on any atom is 0.138 e. The molecule has 0 heterocycles. The predicted molar refractivity (Wildman–Crippen MR) is 98.5 cm³/mol. The smallest absolute Gasteiger partial charge is 0.138 e. The molecule has 25 heavy (non-hydrogen) atoms. The average Bonchev–Trinajstić information content (AvgIpc) is 2.54. The van der Waals surface area contributed by atoms with E-state index in [0.29, 0.717) is 17.3 Å². The Hall–Kier alpha value is -1.95. The summed E-state index contributed by atoms with van der Waals surface area (Å²) in [5.41, 5.74) is 0.866. The van der Waals surface area contributed by atoms with Gasteiger partial charge in [-0.25, -0.2) is 0 Å². The Morgan fingerprint density at radius 2 is 1.72 bits per heavy atom. The lowest BCUT2D eigenvalue weighted by atomic mass is 9.94. The Labute approximate surface area is 152 Å². The van der Waals surface area contributed by atoms with E-state index in [2.05, 4.69) is 5.32 Å². The molecule has 2 aromatic carbocycles. The summed E-state index contributed by atoms with van der Waals surface area (Å²) in [5, 5.41) is 32.4. The molecule has 4 N–H and O–H groups in total. The molecule has 0 saturated carbocycles. The number of aliphatic hydroxyl groups excluding tert-OH is 1. The zero-order valence-electron chi connectivity index (χ0n) is 14.4. The van der Waals surface area contributed by atoms with Crippen LogP contribution in [0, 0.1) is 0 Å². The van der Waals surface area contributed by atoms with E-state index in [1.54, 1.807) is 18.2 Å². The molecular formula is C19H24ClNO4. The van der Waals surface area contributed by atoms with Crippen molar-refractivity contribution in [1.82, 2.24) is 5.32 Å². The molecule has 1 unspecified atom stereocenters. The lowest BCUT2D eigenvalue weighted by Crippen LogP contribution is -2.46. The predicted octanol–water partition coefficient (Wildman–Crippen LogP) is 3.10. The fourth-order valence-corrected chi connectivity index (χ4v) is 2.66. The number of rotatable bonds is 8. The van der Waals surface area contributed by atoms with Crippen LogP contribution in [0.15, 0.2) is 42.5 Å². The second-order valence-corrected chi connectivity index (χ2v) is 7.09. The highest BCUT2D eigenvalue weighted by Gasteiger charge is 2.19. The van der Waals surface area contributed by atoms with Crippen molar-refractivity contribution >= 4 is 11.6 Å². The number of phenolic OH excluding ortho intramolecular Hbond substituents is 2. The van der Waals surface area contributed by atoms with E-state index in [4.69, 9.17) is 16.3 Å². The Morgan fingerprint density at radius 1 is 1.08 bits per heavy atom. The van der Waals surface area contributed by atoms with E-state index in [0.717, 1.165) is 12.0 Å². The Kier molecular flexibility index (Phi) is 6.53. The van der Waals surface area contributed by atoms with Gasteiger partial charge < -0.3 is 25.4 Å². The minimum atomic E-state index is -0.705. The zero-order chi connectivity index (χ0) is 18.4. The van der Waals surface area contributed by atoms with E-state index >= 15 is 0 Å². The number of halogens is 1. The summed E-state index contributed by atoms with van der Waals surface area (Å²) in [7, 11) is 0. The van der Waals surface area contributed by atoms with Crippen LogP contribution in [0.2, 0.25) is 5.02 Å². The normalized spacial score (nSPS) is 12.8. The van der Waals surface area contributed by atoms with Crippen LogP contribution in [0.5, 0.6) is 17.2 Å². The molecule has 1 atom stereocenters. The van der Waals surface area contributed by atoms with Crippen molar-refractivity contribution in [2.24, 2.45) is 0 Å². The van der Waals surface area contributed by atoms with E-state index in [-0.39, 0.29) is 23.6 Å². The summed E-state index contributed by atoms with van der Waals surface area (Å²) < 4.78 is 5.49. The van der Waals surface area contributed by atoms with Gasteiger partial charge in [-0.3, -0.25) is 0 Å². The molecular weight excluding hydrogens is 342 g/mol. The molecule has 0 radical (unpaired) electrons. The fraction of sp³-hybridized carbons (Fsp3) is 0.368. The van der Waals surface area contributed by atoms with Crippen LogP contribution >= 0.6 is 11.6 Å². The quantitative estimate of drug-likeness (QED) is 0.578. The maximum atomic E-state index is 10.1. The molecule has 136 valence electrons. The number of phenols is 2. The van der Waals surface area contributed by atoms with E-state index < -0.39 is 6.10 Å². The van der Waals surface area contributed by atoms with Crippen LogP contribution in [0.25, 0.3) is 0 Å². The highest BCUT2D eigenvalue weighted by Crippen LogP contribution is 2.28. The van der Waals surface area contributed by atoms with Gasteiger partial charge in [0.25, 0.3) is 0 Å². The number of β-amino-alcohol motifs (C(OH)–C–C–N with tert-alkyl or cyclic N) is 1. The van der Waals surface area contributed by atoms with Crippen molar-refractivity contribution in [3.63, 3.8) is 0 Å². The van der Waals surface area contributed by atoms with Crippen LogP contribution in [-0.4, -0.2) is 40.1 Å². The molecule has 5 nitrogen and oxygen atoms in total. The van der Waals surface area contributed by atoms with Crippen molar-refractivity contribution in [3.05, 3.63) is 53.1 Å². The summed E-state index contributed by atoms with van der Waals surface area (Å²) in [4.78, 5) is 0. The van der Waals surface area contributed by atoms with Crippen LogP contribution in [0.4, 0.5) is 0 Å². The fourth-order valence-electron chi connectivity index (χ4n) is 2.43. The molecule has 0 bridgehead atoms. The Bertz CT molecular complexity index is 688. The van der Waals surface area contributed by atoms with Crippen molar-refractivity contribution < 1.29 is 20.1 Å². The molecule has 2 aromatic rings.